The maximum absolute atomic E-state index is 13.2. The molecule has 12 heteroatoms. The molecule has 0 spiro atoms. The minimum atomic E-state index is -4.55. The first-order chi connectivity index (χ1) is 16.7. The molecule has 6 nitrogen and oxygen atoms in total. The molecule has 0 N–H and O–H groups in total. The molecule has 0 fully saturated rings. The molecule has 184 valence electrons. The van der Waals surface area contributed by atoms with Gasteiger partial charge in [0.15, 0.2) is 11.5 Å². The smallest absolute Gasteiger partial charge is 0.417 e. The van der Waals surface area contributed by atoms with E-state index in [9.17, 15) is 18.0 Å². The zero-order valence-electron chi connectivity index (χ0n) is 18.5. The number of aromatic nitrogens is 1. The number of nitrogens with zero attached hydrogens (tertiary/aromatic N) is 3. The summed E-state index contributed by atoms with van der Waals surface area (Å²) in [4.78, 5) is 18.0. The standard InChI is InChI=1S/C23H19ClF3N3O3S2/c1-32-18-6-5-13(8-19(18)33-2)17-10-16(20-4-3-7-34-20)29-30(17)21(31)12-35-22-15(24)9-14(11-28-22)23(25,26)27/h3-9,11,17H,10,12H2,1-2H3/t17-/m0/s1. The largest absolute Gasteiger partial charge is 0.493 e. The fraction of sp³-hybridized carbons (Fsp3) is 0.261. The fourth-order valence-electron chi connectivity index (χ4n) is 3.53. The lowest BCUT2D eigenvalue weighted by Gasteiger charge is -2.23. The van der Waals surface area contributed by atoms with E-state index in [2.05, 4.69) is 10.1 Å². The predicted molar refractivity (Wildman–Crippen MR) is 130 cm³/mol. The molecule has 0 bridgehead atoms. The van der Waals surface area contributed by atoms with E-state index in [-0.39, 0.29) is 21.7 Å². The van der Waals surface area contributed by atoms with E-state index in [4.69, 9.17) is 21.1 Å². The summed E-state index contributed by atoms with van der Waals surface area (Å²) in [6, 6.07) is 9.67. The third-order valence-corrected chi connectivity index (χ3v) is 7.54. The van der Waals surface area contributed by atoms with Gasteiger partial charge in [0.25, 0.3) is 5.91 Å². The van der Waals surface area contributed by atoms with Crippen LogP contribution in [-0.4, -0.2) is 41.6 Å². The molecule has 0 unspecified atom stereocenters. The maximum atomic E-state index is 13.2. The number of benzene rings is 1. The van der Waals surface area contributed by atoms with E-state index >= 15 is 0 Å². The number of carbonyl (C=O) groups excluding carboxylic acids is 1. The van der Waals surface area contributed by atoms with Crippen molar-refractivity contribution >= 4 is 46.3 Å². The van der Waals surface area contributed by atoms with Gasteiger partial charge in [0.05, 0.1) is 47.2 Å². The Labute approximate surface area is 212 Å². The van der Waals surface area contributed by atoms with Crippen LogP contribution < -0.4 is 9.47 Å². The maximum Gasteiger partial charge on any atom is 0.417 e. The van der Waals surface area contributed by atoms with Crippen molar-refractivity contribution in [2.75, 3.05) is 20.0 Å². The Balaban J connectivity index is 1.57. The molecule has 0 radical (unpaired) electrons. The van der Waals surface area contributed by atoms with Crippen LogP contribution in [0.25, 0.3) is 0 Å². The first kappa shape index (κ1) is 25.3. The van der Waals surface area contributed by atoms with E-state index in [1.54, 1.807) is 19.2 Å². The van der Waals surface area contributed by atoms with Crippen LogP contribution in [0.4, 0.5) is 13.2 Å². The van der Waals surface area contributed by atoms with Crippen LogP contribution in [0.1, 0.15) is 28.5 Å². The summed E-state index contributed by atoms with van der Waals surface area (Å²) in [5, 5.41) is 7.90. The van der Waals surface area contributed by atoms with Gasteiger partial charge in [0.1, 0.15) is 5.03 Å². The number of methoxy groups -OCH3 is 2. The van der Waals surface area contributed by atoms with Gasteiger partial charge in [-0.1, -0.05) is 35.5 Å². The number of amides is 1. The molecule has 1 aliphatic rings. The van der Waals surface area contributed by atoms with Gasteiger partial charge >= 0.3 is 6.18 Å². The van der Waals surface area contributed by atoms with Crippen LogP contribution in [-0.2, 0) is 11.0 Å². The van der Waals surface area contributed by atoms with Crippen molar-refractivity contribution in [2.45, 2.75) is 23.7 Å². The van der Waals surface area contributed by atoms with Crippen molar-refractivity contribution in [3.8, 4) is 11.5 Å². The summed E-state index contributed by atoms with van der Waals surface area (Å²) >= 11 is 8.48. The second kappa shape index (κ2) is 10.5. The van der Waals surface area contributed by atoms with Gasteiger partial charge < -0.3 is 9.47 Å². The highest BCUT2D eigenvalue weighted by atomic mass is 35.5. The van der Waals surface area contributed by atoms with Gasteiger partial charge in [0, 0.05) is 12.6 Å². The Bertz CT molecular complexity index is 1250. The molecule has 2 aromatic heterocycles. The zero-order valence-corrected chi connectivity index (χ0v) is 20.9. The van der Waals surface area contributed by atoms with E-state index in [1.165, 1.54) is 23.5 Å². The summed E-state index contributed by atoms with van der Waals surface area (Å²) < 4.78 is 49.4. The van der Waals surface area contributed by atoms with Crippen molar-refractivity contribution in [3.63, 3.8) is 0 Å². The number of pyridine rings is 1. The Morgan fingerprint density at radius 2 is 2.00 bits per heavy atom. The van der Waals surface area contributed by atoms with Gasteiger partial charge in [-0.05, 0) is 35.2 Å². The van der Waals surface area contributed by atoms with Crippen LogP contribution in [0.5, 0.6) is 11.5 Å². The molecular weight excluding hydrogens is 523 g/mol. The molecule has 3 heterocycles. The molecule has 1 amide bonds. The molecule has 1 aromatic carbocycles. The van der Waals surface area contributed by atoms with Crippen LogP contribution in [0.15, 0.2) is 58.1 Å². The summed E-state index contributed by atoms with van der Waals surface area (Å²) in [5.41, 5.74) is 0.627. The van der Waals surface area contributed by atoms with Gasteiger partial charge in [0.2, 0.25) is 0 Å². The molecular formula is C23H19ClF3N3O3S2. The van der Waals surface area contributed by atoms with Crippen molar-refractivity contribution in [2.24, 2.45) is 5.10 Å². The molecule has 0 saturated heterocycles. The minimum Gasteiger partial charge on any atom is -0.493 e. The highest BCUT2D eigenvalue weighted by Gasteiger charge is 2.35. The van der Waals surface area contributed by atoms with E-state index in [1.807, 2.05) is 23.6 Å². The number of thiophene rings is 1. The van der Waals surface area contributed by atoms with Crippen LogP contribution >= 0.6 is 34.7 Å². The summed E-state index contributed by atoms with van der Waals surface area (Å²) in [6.45, 7) is 0. The minimum absolute atomic E-state index is 0.108. The third-order valence-electron chi connectivity index (χ3n) is 5.23. The van der Waals surface area contributed by atoms with Gasteiger partial charge in [-0.25, -0.2) is 9.99 Å². The van der Waals surface area contributed by atoms with Crippen molar-refractivity contribution in [1.82, 2.24) is 9.99 Å². The monoisotopic (exact) mass is 541 g/mol. The number of halogens is 4. The Morgan fingerprint density at radius 1 is 1.23 bits per heavy atom. The summed E-state index contributed by atoms with van der Waals surface area (Å²) in [7, 11) is 3.07. The lowest BCUT2D eigenvalue weighted by molar-refractivity contribution is -0.138. The van der Waals surface area contributed by atoms with Crippen molar-refractivity contribution < 1.29 is 27.4 Å². The van der Waals surface area contributed by atoms with E-state index < -0.39 is 17.8 Å². The number of thioether (sulfide) groups is 1. The predicted octanol–water partition coefficient (Wildman–Crippen LogP) is 6.30. The highest BCUT2D eigenvalue weighted by Crippen LogP contribution is 2.39. The molecule has 4 rings (SSSR count). The number of rotatable bonds is 7. The molecule has 0 aliphatic carbocycles. The number of alkyl halides is 3. The van der Waals surface area contributed by atoms with Gasteiger partial charge in [-0.15, -0.1) is 11.3 Å². The Hall–Kier alpha value is -2.76. The molecule has 1 atom stereocenters. The van der Waals surface area contributed by atoms with E-state index in [0.717, 1.165) is 34.0 Å². The quantitative estimate of drug-likeness (QED) is 0.328. The number of ether oxygens (including phenoxy) is 2. The third kappa shape index (κ3) is 5.57. The van der Waals surface area contributed by atoms with Crippen molar-refractivity contribution in [1.29, 1.82) is 0 Å². The topological polar surface area (TPSA) is 64.0 Å². The first-order valence-corrected chi connectivity index (χ1v) is 12.5. The molecule has 35 heavy (non-hydrogen) atoms. The van der Waals surface area contributed by atoms with Crippen LogP contribution in [0.3, 0.4) is 0 Å². The zero-order chi connectivity index (χ0) is 25.2. The van der Waals surface area contributed by atoms with Gasteiger partial charge in [-0.3, -0.25) is 4.79 Å². The SMILES string of the molecule is COc1ccc([C@@H]2CC(c3cccs3)=NN2C(=O)CSc2ncc(C(F)(F)F)cc2Cl)cc1OC. The van der Waals surface area contributed by atoms with Gasteiger partial charge in [-0.2, -0.15) is 18.3 Å². The number of carbonyl (C=O) groups is 1. The second-order valence-corrected chi connectivity index (χ2v) is 9.71. The lowest BCUT2D eigenvalue weighted by atomic mass is 10.0. The molecule has 0 saturated carbocycles. The number of hydrazone groups is 1. The first-order valence-electron chi connectivity index (χ1n) is 10.2. The molecule has 3 aromatic rings. The Morgan fingerprint density at radius 3 is 2.63 bits per heavy atom. The normalized spacial score (nSPS) is 15.8. The van der Waals surface area contributed by atoms with Crippen molar-refractivity contribution in [3.05, 3.63) is 69.0 Å². The number of hydrogen-bond donors (Lipinski definition) is 0. The fourth-order valence-corrected chi connectivity index (χ4v) is 5.30. The summed E-state index contributed by atoms with van der Waals surface area (Å²) in [5.74, 6) is 0.643. The van der Waals surface area contributed by atoms with E-state index in [0.29, 0.717) is 24.1 Å². The average molecular weight is 542 g/mol. The van der Waals surface area contributed by atoms with Crippen LogP contribution in [0.2, 0.25) is 5.02 Å². The number of hydrogen-bond acceptors (Lipinski definition) is 7. The summed E-state index contributed by atoms with van der Waals surface area (Å²) in [6.07, 6.45) is -3.36. The van der Waals surface area contributed by atoms with Crippen LogP contribution in [0, 0.1) is 0 Å². The highest BCUT2D eigenvalue weighted by molar-refractivity contribution is 8.00. The Kier molecular flexibility index (Phi) is 7.58. The molecule has 1 aliphatic heterocycles. The average Bonchev–Trinajstić information content (AvgIpc) is 3.52. The lowest BCUT2D eigenvalue weighted by Crippen LogP contribution is -2.28. The second-order valence-electron chi connectivity index (χ2n) is 7.39.